The predicted molar refractivity (Wildman–Crippen MR) is 77.3 cm³/mol. The molecule has 0 atom stereocenters. The smallest absolute Gasteiger partial charge is 0.317 e. The van der Waals surface area contributed by atoms with Crippen LogP contribution in [0.5, 0.6) is 0 Å². The van der Waals surface area contributed by atoms with Gasteiger partial charge in [-0.1, -0.05) is 0 Å². The van der Waals surface area contributed by atoms with Gasteiger partial charge in [-0.3, -0.25) is 14.5 Å². The molecule has 6 nitrogen and oxygen atoms in total. The minimum absolute atomic E-state index is 0.0560. The number of hydrogen-bond acceptors (Lipinski definition) is 3. The Morgan fingerprint density at radius 1 is 1.19 bits per heavy atom. The summed E-state index contributed by atoms with van der Waals surface area (Å²) in [6, 6.07) is 4.31. The molecule has 2 aliphatic rings. The van der Waals surface area contributed by atoms with Gasteiger partial charge in [0.1, 0.15) is 5.69 Å². The molecule has 0 unspecified atom stereocenters. The Kier molecular flexibility index (Phi) is 3.96. The zero-order chi connectivity index (χ0) is 14.8. The first kappa shape index (κ1) is 14.1. The van der Waals surface area contributed by atoms with Crippen molar-refractivity contribution in [1.29, 1.82) is 0 Å². The molecule has 1 aliphatic carbocycles. The van der Waals surface area contributed by atoms with Crippen LogP contribution in [0.3, 0.4) is 0 Å². The molecule has 1 aliphatic heterocycles. The zero-order valence-electron chi connectivity index (χ0n) is 12.1. The van der Waals surface area contributed by atoms with E-state index in [1.165, 1.54) is 0 Å². The Hall–Kier alpha value is -1.82. The number of amides is 1. The Morgan fingerprint density at radius 2 is 2.00 bits per heavy atom. The van der Waals surface area contributed by atoms with Crippen molar-refractivity contribution < 1.29 is 14.7 Å². The van der Waals surface area contributed by atoms with Crippen LogP contribution in [0, 0.1) is 0 Å². The number of carboxylic acid groups (broad SMARTS) is 1. The fourth-order valence-corrected chi connectivity index (χ4v) is 2.93. The van der Waals surface area contributed by atoms with Crippen molar-refractivity contribution in [2.75, 3.05) is 32.7 Å². The van der Waals surface area contributed by atoms with E-state index in [-0.39, 0.29) is 12.5 Å². The minimum Gasteiger partial charge on any atom is -0.480 e. The first-order valence-corrected chi connectivity index (χ1v) is 7.55. The topological polar surface area (TPSA) is 65.8 Å². The lowest BCUT2D eigenvalue weighted by Gasteiger charge is -2.22. The molecule has 0 aromatic carbocycles. The highest BCUT2D eigenvalue weighted by Crippen LogP contribution is 2.36. The third kappa shape index (κ3) is 3.26. The quantitative estimate of drug-likeness (QED) is 0.900. The first-order chi connectivity index (χ1) is 10.1. The van der Waals surface area contributed by atoms with Crippen LogP contribution in [0.1, 0.15) is 35.8 Å². The molecule has 3 rings (SSSR count). The van der Waals surface area contributed by atoms with E-state index in [0.29, 0.717) is 25.7 Å². The first-order valence-electron chi connectivity index (χ1n) is 7.55. The van der Waals surface area contributed by atoms with E-state index in [0.717, 1.165) is 31.5 Å². The average Bonchev–Trinajstić information content (AvgIpc) is 3.21. The van der Waals surface area contributed by atoms with E-state index < -0.39 is 5.97 Å². The second kappa shape index (κ2) is 5.89. The maximum Gasteiger partial charge on any atom is 0.317 e. The van der Waals surface area contributed by atoms with Gasteiger partial charge in [0.25, 0.3) is 5.91 Å². The molecule has 1 aromatic heterocycles. The Morgan fingerprint density at radius 3 is 2.71 bits per heavy atom. The highest BCUT2D eigenvalue weighted by Gasteiger charge is 2.29. The lowest BCUT2D eigenvalue weighted by molar-refractivity contribution is -0.138. The summed E-state index contributed by atoms with van der Waals surface area (Å²) in [5, 5.41) is 8.86. The van der Waals surface area contributed by atoms with Crippen LogP contribution in [-0.2, 0) is 4.79 Å². The second-order valence-electron chi connectivity index (χ2n) is 5.85. The van der Waals surface area contributed by atoms with Gasteiger partial charge in [-0.15, -0.1) is 0 Å². The van der Waals surface area contributed by atoms with Gasteiger partial charge in [-0.2, -0.15) is 0 Å². The molecule has 1 saturated carbocycles. The van der Waals surface area contributed by atoms with Crippen molar-refractivity contribution in [2.45, 2.75) is 25.3 Å². The second-order valence-corrected chi connectivity index (χ2v) is 5.85. The number of nitrogens with zero attached hydrogens (tertiary/aromatic N) is 3. The molecular weight excluding hydrogens is 270 g/mol. The molecule has 1 saturated heterocycles. The predicted octanol–water partition coefficient (Wildman–Crippen LogP) is 1.06. The van der Waals surface area contributed by atoms with Crippen molar-refractivity contribution in [3.8, 4) is 0 Å². The van der Waals surface area contributed by atoms with Gasteiger partial charge in [0, 0.05) is 38.4 Å². The molecule has 0 bridgehead atoms. The van der Waals surface area contributed by atoms with E-state index in [1.807, 2.05) is 28.1 Å². The summed E-state index contributed by atoms with van der Waals surface area (Å²) in [5.41, 5.74) is 0.768. The number of rotatable bonds is 4. The summed E-state index contributed by atoms with van der Waals surface area (Å²) in [4.78, 5) is 27.2. The normalized spacial score (nSPS) is 20.3. The van der Waals surface area contributed by atoms with E-state index in [1.54, 1.807) is 0 Å². The van der Waals surface area contributed by atoms with Gasteiger partial charge in [-0.25, -0.2) is 0 Å². The molecule has 6 heteroatoms. The van der Waals surface area contributed by atoms with Crippen molar-refractivity contribution in [2.24, 2.45) is 0 Å². The van der Waals surface area contributed by atoms with Crippen molar-refractivity contribution >= 4 is 11.9 Å². The zero-order valence-corrected chi connectivity index (χ0v) is 12.1. The molecule has 1 N–H and O–H groups in total. The summed E-state index contributed by atoms with van der Waals surface area (Å²) in [5.74, 6) is -0.735. The highest BCUT2D eigenvalue weighted by molar-refractivity contribution is 5.93. The standard InChI is InChI=1S/C15H21N3O3/c19-14(20)11-16-6-2-7-17(10-9-16)15(21)13-3-1-8-18(13)12-4-5-12/h1,3,8,12H,2,4-7,9-11H2,(H,19,20). The summed E-state index contributed by atoms with van der Waals surface area (Å²) in [7, 11) is 0. The fourth-order valence-electron chi connectivity index (χ4n) is 2.93. The Balaban J connectivity index is 1.65. The van der Waals surface area contributed by atoms with Gasteiger partial charge >= 0.3 is 5.97 Å². The lowest BCUT2D eigenvalue weighted by Crippen LogP contribution is -2.37. The monoisotopic (exact) mass is 291 g/mol. The van der Waals surface area contributed by atoms with E-state index in [9.17, 15) is 9.59 Å². The van der Waals surface area contributed by atoms with E-state index >= 15 is 0 Å². The van der Waals surface area contributed by atoms with Crippen LogP contribution >= 0.6 is 0 Å². The van der Waals surface area contributed by atoms with Crippen molar-refractivity contribution in [3.63, 3.8) is 0 Å². The van der Waals surface area contributed by atoms with Gasteiger partial charge in [0.2, 0.25) is 0 Å². The van der Waals surface area contributed by atoms with Crippen LogP contribution in [0.4, 0.5) is 0 Å². The highest BCUT2D eigenvalue weighted by atomic mass is 16.4. The largest absolute Gasteiger partial charge is 0.480 e. The molecule has 0 radical (unpaired) electrons. The number of aliphatic carboxylic acids is 1. The van der Waals surface area contributed by atoms with Crippen LogP contribution in [-0.4, -0.2) is 64.1 Å². The Labute approximate surface area is 123 Å². The van der Waals surface area contributed by atoms with Gasteiger partial charge in [-0.05, 0) is 31.4 Å². The minimum atomic E-state index is -0.808. The lowest BCUT2D eigenvalue weighted by atomic mass is 10.3. The maximum absolute atomic E-state index is 12.7. The van der Waals surface area contributed by atoms with Crippen LogP contribution < -0.4 is 0 Å². The molecule has 0 spiro atoms. The molecule has 114 valence electrons. The van der Waals surface area contributed by atoms with Gasteiger partial charge in [0.15, 0.2) is 0 Å². The number of aromatic nitrogens is 1. The summed E-state index contributed by atoms with van der Waals surface area (Å²) >= 11 is 0. The van der Waals surface area contributed by atoms with Gasteiger partial charge in [0.05, 0.1) is 6.54 Å². The molecule has 1 amide bonds. The number of carboxylic acids is 1. The van der Waals surface area contributed by atoms with Crippen LogP contribution in [0.2, 0.25) is 0 Å². The van der Waals surface area contributed by atoms with E-state index in [2.05, 4.69) is 4.57 Å². The summed E-state index contributed by atoms with van der Waals surface area (Å²) in [6.45, 7) is 2.72. The molecule has 2 heterocycles. The van der Waals surface area contributed by atoms with Crippen LogP contribution in [0.15, 0.2) is 18.3 Å². The van der Waals surface area contributed by atoms with Crippen LogP contribution in [0.25, 0.3) is 0 Å². The van der Waals surface area contributed by atoms with Gasteiger partial charge < -0.3 is 14.6 Å². The number of carbonyl (C=O) groups is 2. The summed E-state index contributed by atoms with van der Waals surface area (Å²) in [6.07, 6.45) is 5.12. The number of carbonyl (C=O) groups excluding carboxylic acids is 1. The van der Waals surface area contributed by atoms with Crippen molar-refractivity contribution in [1.82, 2.24) is 14.4 Å². The molecule has 21 heavy (non-hydrogen) atoms. The molecule has 1 aromatic rings. The average molecular weight is 291 g/mol. The molecular formula is C15H21N3O3. The van der Waals surface area contributed by atoms with Crippen molar-refractivity contribution in [3.05, 3.63) is 24.0 Å². The third-order valence-corrected chi connectivity index (χ3v) is 4.17. The maximum atomic E-state index is 12.7. The summed E-state index contributed by atoms with van der Waals surface area (Å²) < 4.78 is 2.09. The molecule has 2 fully saturated rings. The number of hydrogen-bond donors (Lipinski definition) is 1. The Bertz CT molecular complexity index is 536. The SMILES string of the molecule is O=C(O)CN1CCCN(C(=O)c2cccn2C2CC2)CC1. The fraction of sp³-hybridized carbons (Fsp3) is 0.600. The van der Waals surface area contributed by atoms with E-state index in [4.69, 9.17) is 5.11 Å². The third-order valence-electron chi connectivity index (χ3n) is 4.17.